The number of halogens is 1. The van der Waals surface area contributed by atoms with Gasteiger partial charge in [-0.1, -0.05) is 35.9 Å². The Morgan fingerprint density at radius 1 is 1.07 bits per heavy atom. The molecule has 0 atom stereocenters. The lowest BCUT2D eigenvalue weighted by Gasteiger charge is -1.93. The van der Waals surface area contributed by atoms with E-state index >= 15 is 0 Å². The summed E-state index contributed by atoms with van der Waals surface area (Å²) in [5.41, 5.74) is 1.83. The summed E-state index contributed by atoms with van der Waals surface area (Å²) in [4.78, 5) is 3.22. The summed E-state index contributed by atoms with van der Waals surface area (Å²) in [6.45, 7) is 0. The molecule has 0 saturated heterocycles. The van der Waals surface area contributed by atoms with Gasteiger partial charge in [0, 0.05) is 21.8 Å². The third-order valence-electron chi connectivity index (χ3n) is 2.40. The van der Waals surface area contributed by atoms with Crippen LogP contribution in [-0.2, 0) is 0 Å². The van der Waals surface area contributed by atoms with Gasteiger partial charge < -0.3 is 4.98 Å². The van der Waals surface area contributed by atoms with Gasteiger partial charge in [-0.2, -0.15) is 0 Å². The zero-order valence-corrected chi connectivity index (χ0v) is 8.10. The molecule has 0 saturated carbocycles. The molecule has 0 spiro atoms. The van der Waals surface area contributed by atoms with Crippen LogP contribution in [0.5, 0.6) is 0 Å². The van der Waals surface area contributed by atoms with Gasteiger partial charge in [0.1, 0.15) is 0 Å². The zero-order chi connectivity index (χ0) is 10.4. The summed E-state index contributed by atoms with van der Waals surface area (Å²) in [6, 6.07) is 11.9. The van der Waals surface area contributed by atoms with E-state index in [1.54, 1.807) is 12.1 Å². The van der Waals surface area contributed by atoms with E-state index in [1.807, 2.05) is 24.3 Å². The molecule has 1 heterocycles. The van der Waals surface area contributed by atoms with Crippen molar-refractivity contribution < 1.29 is 1.37 Å². The second-order valence-electron chi connectivity index (χ2n) is 3.25. The summed E-state index contributed by atoms with van der Waals surface area (Å²) in [6.07, 6.45) is 0. The Hall–Kier alpha value is -1.47. The first kappa shape index (κ1) is 6.91. The van der Waals surface area contributed by atoms with E-state index in [9.17, 15) is 0 Å². The lowest BCUT2D eigenvalue weighted by Crippen LogP contribution is -1.67. The molecule has 14 heavy (non-hydrogen) atoms. The first-order chi connectivity index (χ1) is 7.27. The van der Waals surface area contributed by atoms with Crippen molar-refractivity contribution in [2.75, 3.05) is 0 Å². The molecule has 1 aromatic heterocycles. The minimum absolute atomic E-state index is 0.477. The Bertz CT molecular complexity index is 657. The largest absolute Gasteiger partial charge is 0.354 e. The Labute approximate surface area is 87.7 Å². The second-order valence-corrected chi connectivity index (χ2v) is 3.65. The fraction of sp³-hybridized carbons (Fsp3) is 0. The molecule has 0 aliphatic rings. The van der Waals surface area contributed by atoms with Gasteiger partial charge in [-0.25, -0.2) is 0 Å². The molecule has 3 aromatic rings. The summed E-state index contributed by atoms with van der Waals surface area (Å²) < 4.78 is 7.80. The molecular weight excluding hydrogens is 194 g/mol. The number of hydrogen-bond donors (Lipinski definition) is 1. The van der Waals surface area contributed by atoms with E-state index in [1.165, 1.54) is 0 Å². The monoisotopic (exact) mass is 202 g/mol. The topological polar surface area (TPSA) is 15.8 Å². The van der Waals surface area contributed by atoms with Gasteiger partial charge >= 0.3 is 0 Å². The number of fused-ring (bicyclic) bond motifs is 3. The fourth-order valence-corrected chi connectivity index (χ4v) is 2.04. The summed E-state index contributed by atoms with van der Waals surface area (Å²) >= 11 is 6.15. The van der Waals surface area contributed by atoms with Gasteiger partial charge in [-0.3, -0.25) is 0 Å². The van der Waals surface area contributed by atoms with Gasteiger partial charge in [-0.15, -0.1) is 0 Å². The Morgan fingerprint density at radius 2 is 1.93 bits per heavy atom. The van der Waals surface area contributed by atoms with Gasteiger partial charge in [0.05, 0.1) is 6.39 Å². The lowest BCUT2D eigenvalue weighted by molar-refractivity contribution is 1.55. The highest BCUT2D eigenvalue weighted by Gasteiger charge is 2.05. The third-order valence-corrected chi connectivity index (χ3v) is 2.72. The summed E-state index contributed by atoms with van der Waals surface area (Å²) in [5, 5.41) is 2.71. The maximum atomic E-state index is 7.80. The molecule has 2 heteroatoms. The Kier molecular flexibility index (Phi) is 1.36. The van der Waals surface area contributed by atoms with Crippen molar-refractivity contribution in [1.82, 2.24) is 4.98 Å². The van der Waals surface area contributed by atoms with Crippen LogP contribution < -0.4 is 0 Å². The van der Waals surface area contributed by atoms with Crippen LogP contribution >= 0.6 is 11.6 Å². The van der Waals surface area contributed by atoms with E-state index in [4.69, 9.17) is 13.0 Å². The Morgan fingerprint density at radius 3 is 2.86 bits per heavy atom. The minimum atomic E-state index is 0.477. The second kappa shape index (κ2) is 2.76. The maximum Gasteiger partial charge on any atom is 0.0645 e. The number of hydrogen-bond acceptors (Lipinski definition) is 0. The summed E-state index contributed by atoms with van der Waals surface area (Å²) in [7, 11) is 0. The first-order valence-electron chi connectivity index (χ1n) is 4.93. The average Bonchev–Trinajstić information content (AvgIpc) is 2.64. The van der Waals surface area contributed by atoms with Gasteiger partial charge in [0.2, 0.25) is 0 Å². The average molecular weight is 203 g/mol. The van der Waals surface area contributed by atoms with Crippen LogP contribution in [-0.4, -0.2) is 4.98 Å². The van der Waals surface area contributed by atoms with E-state index in [0.717, 1.165) is 21.8 Å². The quantitative estimate of drug-likeness (QED) is 0.568. The number of para-hydroxylation sites is 1. The van der Waals surface area contributed by atoms with Crippen LogP contribution in [0.3, 0.4) is 0 Å². The number of aromatic amines is 1. The van der Waals surface area contributed by atoms with Gasteiger partial charge in [0.25, 0.3) is 0 Å². The zero-order valence-electron chi connectivity index (χ0n) is 8.34. The standard InChI is InChI=1S/C12H8ClN/c13-9-5-3-7-11-12(9)8-4-1-2-6-10(8)14-11/h1-7,14H/i7D. The number of aromatic nitrogens is 1. The Balaban J connectivity index is 2.66. The number of nitrogens with one attached hydrogen (secondary N) is 1. The number of rotatable bonds is 0. The highest BCUT2D eigenvalue weighted by atomic mass is 35.5. The molecule has 0 fully saturated rings. The molecule has 68 valence electrons. The van der Waals surface area contributed by atoms with Crippen molar-refractivity contribution in [1.29, 1.82) is 0 Å². The van der Waals surface area contributed by atoms with Crippen molar-refractivity contribution in [3.63, 3.8) is 0 Å². The van der Waals surface area contributed by atoms with E-state index < -0.39 is 0 Å². The van der Waals surface area contributed by atoms with Crippen LogP contribution in [0, 0.1) is 0 Å². The van der Waals surface area contributed by atoms with Gasteiger partial charge in [0.15, 0.2) is 0 Å². The minimum Gasteiger partial charge on any atom is -0.354 e. The SMILES string of the molecule is [2H]c1ccc(Cl)c2c1[nH]c1ccccc12. The molecule has 3 rings (SSSR count). The molecule has 0 bridgehead atoms. The molecule has 2 aromatic carbocycles. The van der Waals surface area contributed by atoms with Crippen LogP contribution in [0.1, 0.15) is 1.37 Å². The molecule has 0 unspecified atom stereocenters. The van der Waals surface area contributed by atoms with E-state index in [0.29, 0.717) is 11.1 Å². The first-order valence-corrected chi connectivity index (χ1v) is 4.80. The van der Waals surface area contributed by atoms with Crippen molar-refractivity contribution in [2.45, 2.75) is 0 Å². The van der Waals surface area contributed by atoms with E-state index in [2.05, 4.69) is 4.98 Å². The van der Waals surface area contributed by atoms with Crippen LogP contribution in [0.2, 0.25) is 5.02 Å². The highest BCUT2D eigenvalue weighted by Crippen LogP contribution is 2.30. The molecule has 1 nitrogen and oxygen atoms in total. The molecular formula is C12H8ClN. The number of benzene rings is 2. The fourth-order valence-electron chi connectivity index (χ4n) is 1.78. The molecule has 0 radical (unpaired) electrons. The molecule has 1 N–H and O–H groups in total. The van der Waals surface area contributed by atoms with Gasteiger partial charge in [-0.05, 0) is 18.2 Å². The lowest BCUT2D eigenvalue weighted by atomic mass is 10.1. The van der Waals surface area contributed by atoms with Crippen molar-refractivity contribution >= 4 is 33.4 Å². The predicted molar refractivity (Wildman–Crippen MR) is 60.8 cm³/mol. The highest BCUT2D eigenvalue weighted by molar-refractivity contribution is 6.37. The van der Waals surface area contributed by atoms with Crippen molar-refractivity contribution in [2.24, 2.45) is 0 Å². The maximum absolute atomic E-state index is 7.80. The normalized spacial score (nSPS) is 12.2. The van der Waals surface area contributed by atoms with Crippen LogP contribution in [0.25, 0.3) is 21.8 Å². The summed E-state index contributed by atoms with van der Waals surface area (Å²) in [5.74, 6) is 0. The van der Waals surface area contributed by atoms with Crippen LogP contribution in [0.4, 0.5) is 0 Å². The van der Waals surface area contributed by atoms with Crippen LogP contribution in [0.15, 0.2) is 42.4 Å². The third kappa shape index (κ3) is 0.962. The number of H-pyrrole nitrogens is 1. The predicted octanol–water partition coefficient (Wildman–Crippen LogP) is 3.97. The van der Waals surface area contributed by atoms with Crippen molar-refractivity contribution in [3.05, 3.63) is 47.5 Å². The molecule has 0 aliphatic carbocycles. The smallest absolute Gasteiger partial charge is 0.0645 e. The van der Waals surface area contributed by atoms with E-state index in [-0.39, 0.29) is 0 Å². The molecule has 0 amide bonds. The molecule has 0 aliphatic heterocycles. The van der Waals surface area contributed by atoms with Crippen molar-refractivity contribution in [3.8, 4) is 0 Å².